The van der Waals surface area contributed by atoms with E-state index in [0.717, 1.165) is 5.56 Å². The van der Waals surface area contributed by atoms with Crippen molar-refractivity contribution in [1.29, 1.82) is 0 Å². The molecular weight excluding hydrogens is 284 g/mol. The van der Waals surface area contributed by atoms with Crippen molar-refractivity contribution in [2.75, 3.05) is 20.3 Å². The molecule has 0 radical (unpaired) electrons. The normalized spacial score (nSPS) is 10.5. The van der Waals surface area contributed by atoms with E-state index in [1.54, 1.807) is 37.4 Å². The van der Waals surface area contributed by atoms with Gasteiger partial charge in [-0.1, -0.05) is 6.07 Å². The van der Waals surface area contributed by atoms with E-state index in [1.807, 2.05) is 6.07 Å². The van der Waals surface area contributed by atoms with Crippen LogP contribution in [0.2, 0.25) is 0 Å². The molecule has 0 saturated carbocycles. The van der Waals surface area contributed by atoms with Gasteiger partial charge in [-0.15, -0.1) is 0 Å². The highest BCUT2D eigenvalue weighted by atomic mass is 16.5. The summed E-state index contributed by atoms with van der Waals surface area (Å²) in [5.41, 5.74) is 0.458. The average molecular weight is 302 g/mol. The largest absolute Gasteiger partial charge is 0.383 e. The number of hydrogen-bond acceptors (Lipinski definition) is 5. The van der Waals surface area contributed by atoms with Gasteiger partial charge in [-0.2, -0.15) is 0 Å². The maximum absolute atomic E-state index is 12.6. The fraction of sp³-hybridized carbons (Fsp3) is 0.333. The first-order chi connectivity index (χ1) is 10.6. The summed E-state index contributed by atoms with van der Waals surface area (Å²) in [4.78, 5) is 36.6. The summed E-state index contributed by atoms with van der Waals surface area (Å²) in [6, 6.07) is 3.67. The summed E-state index contributed by atoms with van der Waals surface area (Å²) >= 11 is 0. The Morgan fingerprint density at radius 2 is 2.23 bits per heavy atom. The zero-order chi connectivity index (χ0) is 15.9. The smallest absolute Gasteiger partial charge is 0.263 e. The molecule has 0 spiro atoms. The fourth-order valence-electron chi connectivity index (χ4n) is 1.97. The van der Waals surface area contributed by atoms with Crippen molar-refractivity contribution in [3.8, 4) is 0 Å². The van der Waals surface area contributed by atoms with Gasteiger partial charge in [0, 0.05) is 38.8 Å². The molecule has 0 aliphatic carbocycles. The molecule has 0 aliphatic rings. The molecule has 7 nitrogen and oxygen atoms in total. The molecule has 0 fully saturated rings. The molecule has 1 amide bonds. The maximum Gasteiger partial charge on any atom is 0.263 e. The maximum atomic E-state index is 12.6. The van der Waals surface area contributed by atoms with Gasteiger partial charge in [-0.25, -0.2) is 4.98 Å². The van der Waals surface area contributed by atoms with Crippen molar-refractivity contribution in [3.63, 3.8) is 0 Å². The van der Waals surface area contributed by atoms with Crippen LogP contribution < -0.4 is 5.56 Å². The number of aromatic amines is 1. The van der Waals surface area contributed by atoms with E-state index in [1.165, 1.54) is 6.20 Å². The minimum Gasteiger partial charge on any atom is -0.383 e. The lowest BCUT2D eigenvalue weighted by Crippen LogP contribution is -2.37. The highest BCUT2D eigenvalue weighted by molar-refractivity contribution is 5.93. The van der Waals surface area contributed by atoms with Gasteiger partial charge in [0.1, 0.15) is 11.4 Å². The Balaban J connectivity index is 2.24. The Bertz CT molecular complexity index is 685. The Labute approximate surface area is 128 Å². The Morgan fingerprint density at radius 1 is 1.41 bits per heavy atom. The number of aromatic nitrogens is 3. The minimum absolute atomic E-state index is 0.0191. The van der Waals surface area contributed by atoms with Crippen LogP contribution in [0, 0.1) is 6.92 Å². The molecule has 0 aromatic carbocycles. The van der Waals surface area contributed by atoms with Gasteiger partial charge >= 0.3 is 0 Å². The fourth-order valence-corrected chi connectivity index (χ4v) is 1.97. The Kier molecular flexibility index (Phi) is 5.37. The quantitative estimate of drug-likeness (QED) is 0.851. The van der Waals surface area contributed by atoms with Gasteiger partial charge in [0.05, 0.1) is 6.61 Å². The van der Waals surface area contributed by atoms with E-state index >= 15 is 0 Å². The molecule has 2 rings (SSSR count). The second kappa shape index (κ2) is 7.46. The van der Waals surface area contributed by atoms with E-state index in [-0.39, 0.29) is 11.5 Å². The molecule has 0 bridgehead atoms. The summed E-state index contributed by atoms with van der Waals surface area (Å²) in [6.45, 7) is 2.76. The van der Waals surface area contributed by atoms with Crippen molar-refractivity contribution in [3.05, 3.63) is 58.0 Å². The predicted octanol–water partition coefficient (Wildman–Crippen LogP) is 0.762. The summed E-state index contributed by atoms with van der Waals surface area (Å²) in [5.74, 6) is 0.0897. The van der Waals surface area contributed by atoms with Crippen LogP contribution in [0.15, 0.2) is 35.5 Å². The second-order valence-electron chi connectivity index (χ2n) is 4.79. The average Bonchev–Trinajstić information content (AvgIpc) is 2.52. The van der Waals surface area contributed by atoms with Crippen LogP contribution in [0.25, 0.3) is 0 Å². The molecule has 0 aliphatic heterocycles. The third-order valence-corrected chi connectivity index (χ3v) is 3.11. The number of hydrogen-bond donors (Lipinski definition) is 1. The summed E-state index contributed by atoms with van der Waals surface area (Å²) in [5, 5.41) is 0. The van der Waals surface area contributed by atoms with Crippen LogP contribution in [0.5, 0.6) is 0 Å². The van der Waals surface area contributed by atoms with Gasteiger partial charge in [0.25, 0.3) is 11.5 Å². The molecule has 2 heterocycles. The van der Waals surface area contributed by atoms with E-state index in [0.29, 0.717) is 25.5 Å². The third-order valence-electron chi connectivity index (χ3n) is 3.11. The van der Waals surface area contributed by atoms with Gasteiger partial charge in [0.15, 0.2) is 0 Å². The van der Waals surface area contributed by atoms with Crippen molar-refractivity contribution < 1.29 is 9.53 Å². The van der Waals surface area contributed by atoms with Crippen molar-refractivity contribution in [2.24, 2.45) is 0 Å². The molecule has 22 heavy (non-hydrogen) atoms. The monoisotopic (exact) mass is 302 g/mol. The number of pyridine rings is 1. The number of carbonyl (C=O) groups excluding carboxylic acids is 1. The first-order valence-electron chi connectivity index (χ1n) is 6.85. The lowest BCUT2D eigenvalue weighted by Gasteiger charge is -2.22. The number of ether oxygens (including phenoxy) is 1. The van der Waals surface area contributed by atoms with Crippen LogP contribution in [0.1, 0.15) is 21.7 Å². The minimum atomic E-state index is -0.439. The highest BCUT2D eigenvalue weighted by Crippen LogP contribution is 2.06. The second-order valence-corrected chi connectivity index (χ2v) is 4.79. The number of amides is 1. The lowest BCUT2D eigenvalue weighted by atomic mass is 10.2. The molecule has 116 valence electrons. The number of carbonyl (C=O) groups is 1. The standard InChI is InChI=1S/C15H18N4O3/c1-11-17-9-13(14(20)18-11)15(21)19(6-7-22-2)10-12-4-3-5-16-8-12/h3-5,8-9H,6-7,10H2,1-2H3,(H,17,18,20). The molecule has 0 atom stereocenters. The number of aryl methyl sites for hydroxylation is 1. The van der Waals surface area contributed by atoms with Crippen molar-refractivity contribution in [2.45, 2.75) is 13.5 Å². The summed E-state index contributed by atoms with van der Waals surface area (Å²) in [6.07, 6.45) is 4.66. The Morgan fingerprint density at radius 3 is 2.86 bits per heavy atom. The van der Waals surface area contributed by atoms with Crippen LogP contribution in [-0.2, 0) is 11.3 Å². The molecule has 7 heteroatoms. The molecule has 2 aromatic rings. The first kappa shape index (κ1) is 15.8. The van der Waals surface area contributed by atoms with E-state index in [9.17, 15) is 9.59 Å². The highest BCUT2D eigenvalue weighted by Gasteiger charge is 2.19. The van der Waals surface area contributed by atoms with Gasteiger partial charge in [0.2, 0.25) is 0 Å². The van der Waals surface area contributed by atoms with Crippen LogP contribution in [0.3, 0.4) is 0 Å². The SMILES string of the molecule is COCCN(Cc1cccnc1)C(=O)c1cnc(C)[nH]c1=O. The summed E-state index contributed by atoms with van der Waals surface area (Å²) in [7, 11) is 1.56. The van der Waals surface area contributed by atoms with E-state index in [2.05, 4.69) is 15.0 Å². The van der Waals surface area contributed by atoms with E-state index < -0.39 is 5.56 Å². The summed E-state index contributed by atoms with van der Waals surface area (Å²) < 4.78 is 5.03. The first-order valence-corrected chi connectivity index (χ1v) is 6.85. The van der Waals surface area contributed by atoms with Crippen LogP contribution in [0.4, 0.5) is 0 Å². The lowest BCUT2D eigenvalue weighted by molar-refractivity contribution is 0.0678. The van der Waals surface area contributed by atoms with Crippen molar-refractivity contribution >= 4 is 5.91 Å². The molecule has 2 aromatic heterocycles. The van der Waals surface area contributed by atoms with Gasteiger partial charge < -0.3 is 14.6 Å². The number of nitrogens with zero attached hydrogens (tertiary/aromatic N) is 3. The van der Waals surface area contributed by atoms with Gasteiger partial charge in [-0.3, -0.25) is 14.6 Å². The topological polar surface area (TPSA) is 88.2 Å². The van der Waals surface area contributed by atoms with Crippen LogP contribution >= 0.6 is 0 Å². The molecule has 1 N–H and O–H groups in total. The third kappa shape index (κ3) is 3.98. The predicted molar refractivity (Wildman–Crippen MR) is 80.4 cm³/mol. The Hall–Kier alpha value is -2.54. The molecule has 0 unspecified atom stereocenters. The number of rotatable bonds is 6. The van der Waals surface area contributed by atoms with E-state index in [4.69, 9.17) is 4.74 Å². The van der Waals surface area contributed by atoms with Gasteiger partial charge in [-0.05, 0) is 18.6 Å². The zero-order valence-corrected chi connectivity index (χ0v) is 12.6. The number of methoxy groups -OCH3 is 1. The number of nitrogens with one attached hydrogen (secondary N) is 1. The molecule has 0 saturated heterocycles. The zero-order valence-electron chi connectivity index (χ0n) is 12.6. The van der Waals surface area contributed by atoms with Crippen molar-refractivity contribution in [1.82, 2.24) is 19.9 Å². The van der Waals surface area contributed by atoms with Crippen LogP contribution in [-0.4, -0.2) is 46.0 Å². The number of H-pyrrole nitrogens is 1. The molecular formula is C15H18N4O3.